The molecule has 0 saturated heterocycles. The van der Waals surface area contributed by atoms with E-state index in [-0.39, 0.29) is 0 Å². The van der Waals surface area contributed by atoms with Crippen molar-refractivity contribution >= 4 is 11.8 Å². The molecule has 4 heteroatoms. The van der Waals surface area contributed by atoms with Gasteiger partial charge in [-0.05, 0) is 24.3 Å². The summed E-state index contributed by atoms with van der Waals surface area (Å²) in [5.41, 5.74) is 0.600. The van der Waals surface area contributed by atoms with E-state index in [0.717, 1.165) is 0 Å². The van der Waals surface area contributed by atoms with Gasteiger partial charge in [-0.3, -0.25) is 10.3 Å². The number of nitrogens with one attached hydrogen (secondary N) is 1. The first-order valence-electron chi connectivity index (χ1n) is 5.78. The molecule has 0 atom stereocenters. The van der Waals surface area contributed by atoms with Crippen LogP contribution in [0.5, 0.6) is 5.75 Å². The van der Waals surface area contributed by atoms with Crippen LogP contribution in [0, 0.1) is 0 Å². The molecule has 0 unspecified atom stereocenters. The van der Waals surface area contributed by atoms with Crippen molar-refractivity contribution < 1.29 is 9.53 Å². The first-order chi connectivity index (χ1) is 8.84. The van der Waals surface area contributed by atoms with E-state index in [9.17, 15) is 4.79 Å². The molecule has 94 valence electrons. The number of nitrogens with zero attached hydrogens (tertiary/aromatic N) is 1. The van der Waals surface area contributed by atoms with Crippen molar-refractivity contribution in [2.24, 2.45) is 0 Å². The van der Waals surface area contributed by atoms with E-state index in [2.05, 4.69) is 10.3 Å². The number of rotatable bonds is 2. The Bertz CT molecular complexity index is 414. The highest BCUT2D eigenvalue weighted by molar-refractivity contribution is 5.85. The van der Waals surface area contributed by atoms with Gasteiger partial charge in [0.1, 0.15) is 5.75 Å². The predicted octanol–water partition coefficient (Wildman–Crippen LogP) is 3.72. The van der Waals surface area contributed by atoms with Crippen molar-refractivity contribution in [1.82, 2.24) is 4.98 Å². The van der Waals surface area contributed by atoms with E-state index in [0.29, 0.717) is 11.4 Å². The van der Waals surface area contributed by atoms with E-state index in [1.807, 2.05) is 19.9 Å². The molecule has 2 aromatic rings. The van der Waals surface area contributed by atoms with Crippen LogP contribution in [-0.4, -0.2) is 11.1 Å². The Hall–Kier alpha value is -2.36. The molecule has 0 aliphatic heterocycles. The fraction of sp³-hybridized carbons (Fsp3) is 0.143. The van der Waals surface area contributed by atoms with Gasteiger partial charge in [0.2, 0.25) is 0 Å². The number of pyridine rings is 1. The van der Waals surface area contributed by atoms with Crippen molar-refractivity contribution in [1.29, 1.82) is 0 Å². The van der Waals surface area contributed by atoms with Gasteiger partial charge >= 0.3 is 6.09 Å². The van der Waals surface area contributed by atoms with Gasteiger partial charge in [-0.15, -0.1) is 0 Å². The molecule has 0 radical (unpaired) electrons. The van der Waals surface area contributed by atoms with Crippen LogP contribution in [0.1, 0.15) is 13.8 Å². The zero-order valence-electron chi connectivity index (χ0n) is 10.5. The molecule has 1 amide bonds. The highest BCUT2D eigenvalue weighted by Crippen LogP contribution is 2.10. The van der Waals surface area contributed by atoms with Crippen LogP contribution in [0.2, 0.25) is 0 Å². The van der Waals surface area contributed by atoms with Gasteiger partial charge in [0.25, 0.3) is 0 Å². The van der Waals surface area contributed by atoms with Crippen LogP contribution < -0.4 is 10.1 Å². The first-order valence-corrected chi connectivity index (χ1v) is 5.78. The van der Waals surface area contributed by atoms with Crippen molar-refractivity contribution in [2.45, 2.75) is 13.8 Å². The lowest BCUT2D eigenvalue weighted by Gasteiger charge is -2.05. The maximum atomic E-state index is 11.4. The molecule has 1 aromatic carbocycles. The monoisotopic (exact) mass is 244 g/mol. The normalized spacial score (nSPS) is 8.78. The fourth-order valence-corrected chi connectivity index (χ4v) is 1.18. The first kappa shape index (κ1) is 13.7. The second kappa shape index (κ2) is 7.84. The molecule has 1 N–H and O–H groups in total. The summed E-state index contributed by atoms with van der Waals surface area (Å²) in [6, 6.07) is 12.3. The third-order valence-electron chi connectivity index (χ3n) is 1.86. The second-order valence-electron chi connectivity index (χ2n) is 3.07. The minimum Gasteiger partial charge on any atom is -0.410 e. The molecule has 0 fully saturated rings. The maximum absolute atomic E-state index is 11.4. The van der Waals surface area contributed by atoms with Gasteiger partial charge < -0.3 is 4.74 Å². The maximum Gasteiger partial charge on any atom is 0.417 e. The summed E-state index contributed by atoms with van der Waals surface area (Å²) in [5.74, 6) is 0.504. The molecule has 0 aliphatic rings. The summed E-state index contributed by atoms with van der Waals surface area (Å²) in [6.45, 7) is 4.00. The number of ether oxygens (including phenoxy) is 1. The molecule has 0 spiro atoms. The summed E-state index contributed by atoms with van der Waals surface area (Å²) in [6.07, 6.45) is 2.65. The Kier molecular flexibility index (Phi) is 5.97. The quantitative estimate of drug-likeness (QED) is 0.875. The average molecular weight is 244 g/mol. The molecule has 18 heavy (non-hydrogen) atoms. The molecule has 4 nitrogen and oxygen atoms in total. The van der Waals surface area contributed by atoms with E-state index in [1.54, 1.807) is 48.8 Å². The van der Waals surface area contributed by atoms with E-state index < -0.39 is 6.09 Å². The Morgan fingerprint density at radius 2 is 1.83 bits per heavy atom. The van der Waals surface area contributed by atoms with Gasteiger partial charge in [0, 0.05) is 6.20 Å². The van der Waals surface area contributed by atoms with Crippen molar-refractivity contribution in [3.8, 4) is 5.75 Å². The molecule has 1 heterocycles. The van der Waals surface area contributed by atoms with Crippen LogP contribution in [-0.2, 0) is 0 Å². The second-order valence-corrected chi connectivity index (χ2v) is 3.07. The summed E-state index contributed by atoms with van der Waals surface area (Å²) >= 11 is 0. The number of anilines is 1. The minimum atomic E-state index is -0.529. The smallest absolute Gasteiger partial charge is 0.410 e. The van der Waals surface area contributed by atoms with Gasteiger partial charge in [-0.25, -0.2) is 4.79 Å². The number of amides is 1. The Morgan fingerprint density at radius 3 is 2.44 bits per heavy atom. The van der Waals surface area contributed by atoms with Gasteiger partial charge in [0.15, 0.2) is 0 Å². The average Bonchev–Trinajstić information content (AvgIpc) is 2.43. The summed E-state index contributed by atoms with van der Waals surface area (Å²) in [4.78, 5) is 15.3. The molecular formula is C14H16N2O2. The standard InChI is InChI=1S/C12H10N2O2.C2H6/c15-12(14-10-5-4-8-13-9-10)16-11-6-2-1-3-7-11;1-2/h1-9H,(H,14,15);1-2H3. The summed E-state index contributed by atoms with van der Waals surface area (Å²) in [5, 5.41) is 2.57. The molecule has 2 rings (SSSR count). The van der Waals surface area contributed by atoms with Crippen molar-refractivity contribution in [2.75, 3.05) is 5.32 Å². The lowest BCUT2D eigenvalue weighted by molar-refractivity contribution is 0.215. The van der Waals surface area contributed by atoms with Gasteiger partial charge in [-0.1, -0.05) is 32.0 Å². The number of benzene rings is 1. The lowest BCUT2D eigenvalue weighted by Crippen LogP contribution is -2.16. The number of carbonyl (C=O) groups is 1. The van der Waals surface area contributed by atoms with E-state index >= 15 is 0 Å². The van der Waals surface area contributed by atoms with Gasteiger partial charge in [0.05, 0.1) is 11.9 Å². The number of para-hydroxylation sites is 1. The predicted molar refractivity (Wildman–Crippen MR) is 71.7 cm³/mol. The molecular weight excluding hydrogens is 228 g/mol. The fourth-order valence-electron chi connectivity index (χ4n) is 1.18. The highest BCUT2D eigenvalue weighted by atomic mass is 16.6. The summed E-state index contributed by atoms with van der Waals surface area (Å²) < 4.78 is 5.04. The largest absolute Gasteiger partial charge is 0.417 e. The highest BCUT2D eigenvalue weighted by Gasteiger charge is 2.03. The minimum absolute atomic E-state index is 0.504. The van der Waals surface area contributed by atoms with E-state index in [1.165, 1.54) is 0 Å². The molecule has 0 aliphatic carbocycles. The lowest BCUT2D eigenvalue weighted by atomic mass is 10.3. The van der Waals surface area contributed by atoms with Crippen LogP contribution in [0.15, 0.2) is 54.9 Å². The van der Waals surface area contributed by atoms with Crippen LogP contribution in [0.25, 0.3) is 0 Å². The Balaban J connectivity index is 0.000000771. The Labute approximate surface area is 107 Å². The van der Waals surface area contributed by atoms with Crippen LogP contribution in [0.3, 0.4) is 0 Å². The van der Waals surface area contributed by atoms with Crippen LogP contribution >= 0.6 is 0 Å². The SMILES string of the molecule is CC.O=C(Nc1cccnc1)Oc1ccccc1. The third kappa shape index (κ3) is 4.65. The molecule has 1 aromatic heterocycles. The third-order valence-corrected chi connectivity index (χ3v) is 1.86. The number of aromatic nitrogens is 1. The topological polar surface area (TPSA) is 51.2 Å². The Morgan fingerprint density at radius 1 is 1.11 bits per heavy atom. The van der Waals surface area contributed by atoms with Crippen LogP contribution in [0.4, 0.5) is 10.5 Å². The number of hydrogen-bond donors (Lipinski definition) is 1. The van der Waals surface area contributed by atoms with E-state index in [4.69, 9.17) is 4.74 Å². The number of hydrogen-bond acceptors (Lipinski definition) is 3. The van der Waals surface area contributed by atoms with Gasteiger partial charge in [-0.2, -0.15) is 0 Å². The zero-order valence-corrected chi connectivity index (χ0v) is 10.5. The van der Waals surface area contributed by atoms with Crippen molar-refractivity contribution in [3.05, 3.63) is 54.9 Å². The molecule has 0 saturated carbocycles. The number of carbonyl (C=O) groups excluding carboxylic acids is 1. The summed E-state index contributed by atoms with van der Waals surface area (Å²) in [7, 11) is 0. The molecule has 0 bridgehead atoms. The zero-order chi connectivity index (χ0) is 13.2. The van der Waals surface area contributed by atoms with Crippen molar-refractivity contribution in [3.63, 3.8) is 0 Å².